The van der Waals surface area contributed by atoms with Gasteiger partial charge in [-0.3, -0.25) is 4.68 Å². The molecule has 8 heteroatoms. The third kappa shape index (κ3) is 2.76. The highest BCUT2D eigenvalue weighted by Crippen LogP contribution is 2.28. The van der Waals surface area contributed by atoms with Crippen LogP contribution >= 0.6 is 11.8 Å². The lowest BCUT2D eigenvalue weighted by Crippen LogP contribution is -1.93. The number of rotatable bonds is 4. The van der Waals surface area contributed by atoms with Gasteiger partial charge in [0, 0.05) is 18.4 Å². The number of benzene rings is 1. The number of nitrogens with zero attached hydrogens (tertiary/aromatic N) is 5. The summed E-state index contributed by atoms with van der Waals surface area (Å²) in [6.07, 6.45) is 4.85. The summed E-state index contributed by atoms with van der Waals surface area (Å²) in [6.45, 7) is 0. The number of aryl methyl sites for hydroxylation is 1. The van der Waals surface area contributed by atoms with Crippen molar-refractivity contribution in [3.8, 4) is 11.5 Å². The molecule has 0 saturated heterocycles. The van der Waals surface area contributed by atoms with E-state index in [-0.39, 0.29) is 5.82 Å². The van der Waals surface area contributed by atoms with E-state index in [0.717, 1.165) is 21.8 Å². The highest BCUT2D eigenvalue weighted by Gasteiger charge is 2.11. The summed E-state index contributed by atoms with van der Waals surface area (Å²) in [6, 6.07) is 6.17. The standard InChI is InChI=1S/C16H12FN5OS/c1-22-14-13(6-20-22)16(19-9-18-14)24-8-12-7-23-15(21-12)10-3-2-4-11(17)5-10/h2-7,9H,8H2,1H3. The van der Waals surface area contributed by atoms with Crippen LogP contribution in [0.15, 0.2) is 52.5 Å². The van der Waals surface area contributed by atoms with Gasteiger partial charge in [-0.25, -0.2) is 19.3 Å². The van der Waals surface area contributed by atoms with Gasteiger partial charge in [-0.1, -0.05) is 17.8 Å². The Kier molecular flexibility index (Phi) is 3.73. The van der Waals surface area contributed by atoms with Gasteiger partial charge in [0.05, 0.1) is 17.3 Å². The molecule has 1 aromatic carbocycles. The fourth-order valence-corrected chi connectivity index (χ4v) is 3.16. The SMILES string of the molecule is Cn1ncc2c(SCc3coc(-c4cccc(F)c4)n3)ncnc21. The van der Waals surface area contributed by atoms with E-state index in [9.17, 15) is 4.39 Å². The first kappa shape index (κ1) is 14.8. The number of hydrogen-bond donors (Lipinski definition) is 0. The van der Waals surface area contributed by atoms with Gasteiger partial charge in [0.15, 0.2) is 5.65 Å². The molecule has 0 aliphatic carbocycles. The number of hydrogen-bond acceptors (Lipinski definition) is 6. The lowest BCUT2D eigenvalue weighted by molar-refractivity contribution is 0.571. The van der Waals surface area contributed by atoms with Crippen molar-refractivity contribution in [3.63, 3.8) is 0 Å². The van der Waals surface area contributed by atoms with E-state index in [4.69, 9.17) is 4.42 Å². The van der Waals surface area contributed by atoms with Crippen LogP contribution in [0.3, 0.4) is 0 Å². The second-order valence-corrected chi connectivity index (χ2v) is 6.09. The van der Waals surface area contributed by atoms with E-state index in [1.807, 2.05) is 7.05 Å². The second kappa shape index (κ2) is 6.04. The summed E-state index contributed by atoms with van der Waals surface area (Å²) in [5.74, 6) is 0.667. The van der Waals surface area contributed by atoms with Crippen molar-refractivity contribution in [1.29, 1.82) is 0 Å². The molecule has 120 valence electrons. The Hall–Kier alpha value is -2.74. The van der Waals surface area contributed by atoms with E-state index in [0.29, 0.717) is 17.2 Å². The lowest BCUT2D eigenvalue weighted by atomic mass is 10.2. The Morgan fingerprint density at radius 2 is 2.21 bits per heavy atom. The monoisotopic (exact) mass is 341 g/mol. The molecule has 4 rings (SSSR count). The Bertz CT molecular complexity index is 1010. The van der Waals surface area contributed by atoms with E-state index >= 15 is 0 Å². The summed E-state index contributed by atoms with van der Waals surface area (Å²) in [4.78, 5) is 12.9. The van der Waals surface area contributed by atoms with E-state index in [1.54, 1.807) is 29.3 Å². The van der Waals surface area contributed by atoms with Crippen molar-refractivity contribution >= 4 is 22.8 Å². The van der Waals surface area contributed by atoms with Gasteiger partial charge < -0.3 is 4.42 Å². The molecule has 0 aliphatic heterocycles. The normalized spacial score (nSPS) is 11.2. The van der Waals surface area contributed by atoms with Crippen LogP contribution in [0, 0.1) is 5.82 Å². The minimum Gasteiger partial charge on any atom is -0.444 e. The van der Waals surface area contributed by atoms with Gasteiger partial charge in [-0.15, -0.1) is 0 Å². The highest BCUT2D eigenvalue weighted by atomic mass is 32.2. The van der Waals surface area contributed by atoms with Gasteiger partial charge >= 0.3 is 0 Å². The van der Waals surface area contributed by atoms with Crippen LogP contribution in [0.1, 0.15) is 5.69 Å². The minimum absolute atomic E-state index is 0.318. The van der Waals surface area contributed by atoms with Crippen molar-refractivity contribution in [1.82, 2.24) is 24.7 Å². The first-order chi connectivity index (χ1) is 11.7. The molecular formula is C16H12FN5OS. The first-order valence-corrected chi connectivity index (χ1v) is 8.15. The number of oxazole rings is 1. The van der Waals surface area contributed by atoms with Gasteiger partial charge in [0.2, 0.25) is 5.89 Å². The Morgan fingerprint density at radius 3 is 3.08 bits per heavy atom. The molecule has 0 bridgehead atoms. The molecule has 0 N–H and O–H groups in total. The van der Waals surface area contributed by atoms with Gasteiger partial charge in [-0.05, 0) is 18.2 Å². The number of fused-ring (bicyclic) bond motifs is 1. The van der Waals surface area contributed by atoms with Crippen molar-refractivity contribution in [3.05, 3.63) is 54.6 Å². The first-order valence-electron chi connectivity index (χ1n) is 7.16. The molecule has 24 heavy (non-hydrogen) atoms. The minimum atomic E-state index is -0.318. The maximum atomic E-state index is 13.3. The predicted octanol–water partition coefficient (Wildman–Crippen LogP) is 3.45. The number of aromatic nitrogens is 5. The topological polar surface area (TPSA) is 69.6 Å². The third-order valence-electron chi connectivity index (χ3n) is 3.47. The number of halogens is 1. The van der Waals surface area contributed by atoms with E-state index < -0.39 is 0 Å². The van der Waals surface area contributed by atoms with Gasteiger partial charge in [0.25, 0.3) is 0 Å². The summed E-state index contributed by atoms with van der Waals surface area (Å²) >= 11 is 1.53. The van der Waals surface area contributed by atoms with Crippen LogP contribution in [0.25, 0.3) is 22.5 Å². The van der Waals surface area contributed by atoms with Gasteiger partial charge in [0.1, 0.15) is 23.4 Å². The molecule has 4 aromatic rings. The summed E-state index contributed by atoms with van der Waals surface area (Å²) in [5, 5.41) is 5.93. The second-order valence-electron chi connectivity index (χ2n) is 5.13. The molecular weight excluding hydrogens is 329 g/mol. The van der Waals surface area contributed by atoms with Crippen LogP contribution in [-0.2, 0) is 12.8 Å². The highest BCUT2D eigenvalue weighted by molar-refractivity contribution is 7.98. The molecule has 0 unspecified atom stereocenters. The van der Waals surface area contributed by atoms with Crippen LogP contribution in [0.4, 0.5) is 4.39 Å². The zero-order valence-corrected chi connectivity index (χ0v) is 13.5. The fraction of sp³-hybridized carbons (Fsp3) is 0.125. The molecule has 0 spiro atoms. The molecule has 0 amide bonds. The summed E-state index contributed by atoms with van der Waals surface area (Å²) < 4.78 is 20.4. The summed E-state index contributed by atoms with van der Waals surface area (Å²) in [5.41, 5.74) is 2.16. The Labute approximate surface area is 140 Å². The maximum Gasteiger partial charge on any atom is 0.226 e. The van der Waals surface area contributed by atoms with Crippen LogP contribution in [0.5, 0.6) is 0 Å². The Balaban J connectivity index is 1.54. The van der Waals surface area contributed by atoms with Crippen LogP contribution in [-0.4, -0.2) is 24.7 Å². The molecule has 0 radical (unpaired) electrons. The van der Waals surface area contributed by atoms with Crippen molar-refractivity contribution < 1.29 is 8.81 Å². The quantitative estimate of drug-likeness (QED) is 0.418. The Morgan fingerprint density at radius 1 is 1.29 bits per heavy atom. The zero-order valence-electron chi connectivity index (χ0n) is 12.7. The van der Waals surface area contributed by atoms with E-state index in [2.05, 4.69) is 20.1 Å². The van der Waals surface area contributed by atoms with E-state index in [1.165, 1.54) is 30.2 Å². The van der Waals surface area contributed by atoms with Crippen molar-refractivity contribution in [2.24, 2.45) is 7.05 Å². The third-order valence-corrected chi connectivity index (χ3v) is 4.51. The molecule has 0 atom stereocenters. The van der Waals surface area contributed by atoms with Crippen LogP contribution in [0.2, 0.25) is 0 Å². The number of thioether (sulfide) groups is 1. The maximum absolute atomic E-state index is 13.3. The molecule has 0 fully saturated rings. The molecule has 6 nitrogen and oxygen atoms in total. The molecule has 3 aromatic heterocycles. The largest absolute Gasteiger partial charge is 0.444 e. The molecule has 3 heterocycles. The average Bonchev–Trinajstić information content (AvgIpc) is 3.21. The fourth-order valence-electron chi connectivity index (χ4n) is 2.33. The zero-order chi connectivity index (χ0) is 16.5. The van der Waals surface area contributed by atoms with Gasteiger partial charge in [-0.2, -0.15) is 5.10 Å². The lowest BCUT2D eigenvalue weighted by Gasteiger charge is -1.99. The summed E-state index contributed by atoms with van der Waals surface area (Å²) in [7, 11) is 1.84. The van der Waals surface area contributed by atoms with Crippen molar-refractivity contribution in [2.75, 3.05) is 0 Å². The molecule has 0 saturated carbocycles. The smallest absolute Gasteiger partial charge is 0.226 e. The van der Waals surface area contributed by atoms with Crippen molar-refractivity contribution in [2.45, 2.75) is 10.8 Å². The predicted molar refractivity (Wildman–Crippen MR) is 87.8 cm³/mol. The van der Waals surface area contributed by atoms with Crippen LogP contribution < -0.4 is 0 Å². The average molecular weight is 341 g/mol. The molecule has 0 aliphatic rings.